The van der Waals surface area contributed by atoms with Crippen LogP contribution in [-0.4, -0.2) is 40.4 Å². The molecule has 0 aliphatic carbocycles. The number of allylic oxidation sites excluding steroid dienone is 1. The minimum Gasteiger partial charge on any atom is -0.481 e. The summed E-state index contributed by atoms with van der Waals surface area (Å²) in [5, 5.41) is 9.23. The number of rotatable bonds is 5. The van der Waals surface area contributed by atoms with E-state index < -0.39 is 23.2 Å². The van der Waals surface area contributed by atoms with Gasteiger partial charge in [0.05, 0.1) is 11.6 Å². The Morgan fingerprint density at radius 3 is 2.38 bits per heavy atom. The highest BCUT2D eigenvalue weighted by Crippen LogP contribution is 2.29. The van der Waals surface area contributed by atoms with Gasteiger partial charge >= 0.3 is 5.97 Å². The quantitative estimate of drug-likeness (QED) is 0.837. The molecule has 1 atom stereocenters. The number of amides is 1. The largest absolute Gasteiger partial charge is 0.481 e. The Morgan fingerprint density at radius 1 is 1.25 bits per heavy atom. The van der Waals surface area contributed by atoms with Crippen LogP contribution in [0.2, 0.25) is 0 Å². The highest BCUT2D eigenvalue weighted by atomic mass is 16.5. The third-order valence-electron chi connectivity index (χ3n) is 4.31. The topological polar surface area (TPSA) is 83.9 Å². The first-order valence-corrected chi connectivity index (χ1v) is 7.65. The lowest BCUT2D eigenvalue weighted by Crippen LogP contribution is -2.52. The maximum Gasteiger partial charge on any atom is 0.316 e. The number of carboxylic acids is 1. The van der Waals surface area contributed by atoms with Crippen LogP contribution in [0.5, 0.6) is 0 Å². The normalized spacial score (nSPS) is 16.7. The molecule has 1 heterocycles. The van der Waals surface area contributed by atoms with Crippen LogP contribution in [0.3, 0.4) is 0 Å². The van der Waals surface area contributed by atoms with Gasteiger partial charge in [0.15, 0.2) is 12.5 Å². The highest BCUT2D eigenvalue weighted by Gasteiger charge is 2.43. The first-order chi connectivity index (χ1) is 11.2. The van der Waals surface area contributed by atoms with Crippen LogP contribution in [0, 0.1) is 5.41 Å². The van der Waals surface area contributed by atoms with E-state index in [1.165, 1.54) is 25.7 Å². The molecule has 1 N–H and O–H groups in total. The Morgan fingerprint density at radius 2 is 1.83 bits per heavy atom. The molecule has 2 rings (SSSR count). The summed E-state index contributed by atoms with van der Waals surface area (Å²) < 4.78 is 5.56. The molecule has 0 radical (unpaired) electrons. The van der Waals surface area contributed by atoms with Crippen molar-refractivity contribution in [2.45, 2.75) is 33.7 Å². The van der Waals surface area contributed by atoms with Gasteiger partial charge in [-0.25, -0.2) is 0 Å². The van der Waals surface area contributed by atoms with Gasteiger partial charge in [0.1, 0.15) is 11.2 Å². The zero-order chi connectivity index (χ0) is 18.1. The molecule has 1 aromatic carbocycles. The van der Waals surface area contributed by atoms with Crippen molar-refractivity contribution in [1.29, 1.82) is 0 Å². The molecule has 1 aliphatic heterocycles. The fraction of sp³-hybridized carbons (Fsp3) is 0.389. The van der Waals surface area contributed by atoms with E-state index in [4.69, 9.17) is 4.74 Å². The summed E-state index contributed by atoms with van der Waals surface area (Å²) in [4.78, 5) is 38.0. The van der Waals surface area contributed by atoms with Gasteiger partial charge in [-0.05, 0) is 33.3 Å². The molecule has 24 heavy (non-hydrogen) atoms. The van der Waals surface area contributed by atoms with Crippen molar-refractivity contribution in [3.8, 4) is 0 Å². The summed E-state index contributed by atoms with van der Waals surface area (Å²) in [6.45, 7) is 5.82. The van der Waals surface area contributed by atoms with E-state index in [2.05, 4.69) is 0 Å². The summed E-state index contributed by atoms with van der Waals surface area (Å²) in [5.41, 5.74) is -0.500. The van der Waals surface area contributed by atoms with Gasteiger partial charge in [-0.2, -0.15) is 0 Å². The number of ether oxygens (including phenoxy) is 1. The van der Waals surface area contributed by atoms with Gasteiger partial charge in [0.2, 0.25) is 0 Å². The lowest BCUT2D eigenvalue weighted by atomic mass is 9.84. The average Bonchev–Trinajstić information content (AvgIpc) is 2.54. The van der Waals surface area contributed by atoms with Crippen molar-refractivity contribution in [3.05, 3.63) is 41.7 Å². The number of nitrogens with zero attached hydrogens (tertiary/aromatic N) is 1. The Labute approximate surface area is 140 Å². The van der Waals surface area contributed by atoms with E-state index in [-0.39, 0.29) is 12.6 Å². The number of carbonyl (C=O) groups excluding carboxylic acids is 2. The monoisotopic (exact) mass is 331 g/mol. The fourth-order valence-electron chi connectivity index (χ4n) is 2.58. The van der Waals surface area contributed by atoms with Crippen molar-refractivity contribution < 1.29 is 24.2 Å². The van der Waals surface area contributed by atoms with Gasteiger partial charge in [0.25, 0.3) is 5.91 Å². The van der Waals surface area contributed by atoms with Gasteiger partial charge in [-0.3, -0.25) is 19.3 Å². The molecule has 0 spiro atoms. The number of carbonyl (C=O) groups is 3. The number of aliphatic carboxylic acids is 1. The van der Waals surface area contributed by atoms with Crippen LogP contribution >= 0.6 is 0 Å². The van der Waals surface area contributed by atoms with Crippen molar-refractivity contribution in [2.75, 3.05) is 6.73 Å². The molecule has 0 aromatic heterocycles. The average molecular weight is 331 g/mol. The minimum absolute atomic E-state index is 0.0798. The van der Waals surface area contributed by atoms with E-state index in [0.29, 0.717) is 16.9 Å². The van der Waals surface area contributed by atoms with Crippen molar-refractivity contribution in [2.24, 2.45) is 5.41 Å². The smallest absolute Gasteiger partial charge is 0.316 e. The lowest BCUT2D eigenvalue weighted by Gasteiger charge is -2.35. The SMILES string of the molecule is CC1=C(c2ccccc2)C(=O)N(C(C)C(=O)C(C)(C)C(=O)O)CO1. The Balaban J connectivity index is 2.33. The predicted octanol–water partition coefficient (Wildman–Crippen LogP) is 2.30. The molecule has 0 saturated carbocycles. The highest BCUT2D eigenvalue weighted by molar-refractivity contribution is 6.21. The molecule has 1 unspecified atom stereocenters. The van der Waals surface area contributed by atoms with Gasteiger partial charge < -0.3 is 9.84 Å². The number of hydrogen-bond donors (Lipinski definition) is 1. The zero-order valence-corrected chi connectivity index (χ0v) is 14.2. The number of hydrogen-bond acceptors (Lipinski definition) is 4. The molecule has 128 valence electrons. The molecule has 6 heteroatoms. The molecule has 0 bridgehead atoms. The van der Waals surface area contributed by atoms with Crippen LogP contribution < -0.4 is 0 Å². The second-order valence-corrected chi connectivity index (χ2v) is 6.32. The Bertz CT molecular complexity index is 705. The summed E-state index contributed by atoms with van der Waals surface area (Å²) in [7, 11) is 0. The molecule has 0 saturated heterocycles. The third-order valence-corrected chi connectivity index (χ3v) is 4.31. The predicted molar refractivity (Wildman–Crippen MR) is 87.7 cm³/mol. The summed E-state index contributed by atoms with van der Waals surface area (Å²) in [5.74, 6) is -1.62. The van der Waals surface area contributed by atoms with Gasteiger partial charge in [-0.15, -0.1) is 0 Å². The number of ketones is 1. The molecule has 1 aromatic rings. The Hall–Kier alpha value is -2.63. The maximum atomic E-state index is 12.9. The standard InChI is InChI=1S/C18H21NO5/c1-11(15(20)18(3,4)17(22)23)19-10-24-12(2)14(16(19)21)13-8-6-5-7-9-13/h5-9,11H,10H2,1-4H3,(H,22,23). The van der Waals surface area contributed by atoms with Crippen LogP contribution in [0.4, 0.5) is 0 Å². The number of carboxylic acid groups (broad SMARTS) is 1. The second kappa shape index (κ2) is 6.47. The summed E-state index contributed by atoms with van der Waals surface area (Å²) in [6, 6.07) is 8.13. The van der Waals surface area contributed by atoms with Crippen LogP contribution in [0.25, 0.3) is 5.57 Å². The van der Waals surface area contributed by atoms with Crippen LogP contribution in [-0.2, 0) is 19.1 Å². The molecule has 1 amide bonds. The van der Waals surface area contributed by atoms with Crippen LogP contribution in [0.15, 0.2) is 36.1 Å². The van der Waals surface area contributed by atoms with Gasteiger partial charge in [-0.1, -0.05) is 30.3 Å². The summed E-state index contributed by atoms with van der Waals surface area (Å²) >= 11 is 0. The lowest BCUT2D eigenvalue weighted by molar-refractivity contribution is -0.157. The third kappa shape index (κ3) is 3.04. The zero-order valence-electron chi connectivity index (χ0n) is 14.2. The van der Waals surface area contributed by atoms with Crippen molar-refractivity contribution in [1.82, 2.24) is 4.90 Å². The molecule has 0 fully saturated rings. The molecular formula is C18H21NO5. The van der Waals surface area contributed by atoms with E-state index in [0.717, 1.165) is 0 Å². The maximum absolute atomic E-state index is 12.9. The minimum atomic E-state index is -1.58. The number of benzene rings is 1. The Kier molecular flexibility index (Phi) is 4.78. The fourth-order valence-corrected chi connectivity index (χ4v) is 2.58. The number of Topliss-reactive ketones (excluding diaryl/α,β-unsaturated/α-hetero) is 1. The molecule has 6 nitrogen and oxygen atoms in total. The first kappa shape index (κ1) is 17.7. The van der Waals surface area contributed by atoms with Gasteiger partial charge in [0, 0.05) is 0 Å². The van der Waals surface area contributed by atoms with E-state index in [1.807, 2.05) is 18.2 Å². The van der Waals surface area contributed by atoms with E-state index in [1.54, 1.807) is 19.1 Å². The molecular weight excluding hydrogens is 310 g/mol. The van der Waals surface area contributed by atoms with Crippen LogP contribution in [0.1, 0.15) is 33.3 Å². The summed E-state index contributed by atoms with van der Waals surface area (Å²) in [6.07, 6.45) is 0. The van der Waals surface area contributed by atoms with E-state index >= 15 is 0 Å². The van der Waals surface area contributed by atoms with Crippen molar-refractivity contribution in [3.63, 3.8) is 0 Å². The first-order valence-electron chi connectivity index (χ1n) is 7.65. The second-order valence-electron chi connectivity index (χ2n) is 6.32. The van der Waals surface area contributed by atoms with E-state index in [9.17, 15) is 19.5 Å². The van der Waals surface area contributed by atoms with Crippen molar-refractivity contribution >= 4 is 23.2 Å². The molecule has 1 aliphatic rings.